The van der Waals surface area contributed by atoms with Gasteiger partial charge in [-0.2, -0.15) is 18.2 Å². The molecular formula is C23H29F3N6O2. The first-order valence-electron chi connectivity index (χ1n) is 11.5. The number of ether oxygens (including phenoxy) is 1. The van der Waals surface area contributed by atoms with Gasteiger partial charge in [0.2, 0.25) is 12.4 Å². The smallest absolute Gasteiger partial charge is 0.421 e. The van der Waals surface area contributed by atoms with Gasteiger partial charge in [-0.25, -0.2) is 4.98 Å². The van der Waals surface area contributed by atoms with Crippen LogP contribution in [0.1, 0.15) is 42.4 Å². The number of carbonyl (C=O) groups excluding carboxylic acids is 1. The fraction of sp³-hybridized carbons (Fsp3) is 0.522. The van der Waals surface area contributed by atoms with E-state index >= 15 is 0 Å². The predicted molar refractivity (Wildman–Crippen MR) is 122 cm³/mol. The van der Waals surface area contributed by atoms with E-state index in [0.717, 1.165) is 50.4 Å². The molecule has 0 unspecified atom stereocenters. The van der Waals surface area contributed by atoms with Gasteiger partial charge in [-0.15, -0.1) is 0 Å². The third-order valence-electron chi connectivity index (χ3n) is 6.31. The minimum atomic E-state index is -4.60. The third kappa shape index (κ3) is 5.52. The Morgan fingerprint density at radius 2 is 2.12 bits per heavy atom. The van der Waals surface area contributed by atoms with Crippen molar-refractivity contribution < 1.29 is 22.7 Å². The number of anilines is 3. The van der Waals surface area contributed by atoms with Crippen molar-refractivity contribution in [2.24, 2.45) is 0 Å². The molecule has 8 nitrogen and oxygen atoms in total. The van der Waals surface area contributed by atoms with Crippen LogP contribution in [0.3, 0.4) is 0 Å². The molecule has 1 saturated carbocycles. The van der Waals surface area contributed by atoms with Gasteiger partial charge < -0.3 is 25.6 Å². The Kier molecular flexibility index (Phi) is 7.40. The second kappa shape index (κ2) is 10.5. The number of alkyl halides is 3. The van der Waals surface area contributed by atoms with Gasteiger partial charge in [0.25, 0.3) is 0 Å². The molecule has 184 valence electrons. The van der Waals surface area contributed by atoms with Crippen molar-refractivity contribution in [3.8, 4) is 5.75 Å². The summed E-state index contributed by atoms with van der Waals surface area (Å²) in [6.45, 7) is 2.31. The molecule has 0 spiro atoms. The van der Waals surface area contributed by atoms with Gasteiger partial charge in [0.1, 0.15) is 17.1 Å². The third-order valence-corrected chi connectivity index (χ3v) is 6.31. The van der Waals surface area contributed by atoms with E-state index in [9.17, 15) is 18.0 Å². The largest absolute Gasteiger partial charge is 0.495 e. The maximum absolute atomic E-state index is 13.5. The molecule has 2 aromatic rings. The molecule has 0 radical (unpaired) electrons. The van der Waals surface area contributed by atoms with Crippen molar-refractivity contribution in [1.82, 2.24) is 20.2 Å². The topological polar surface area (TPSA) is 91.4 Å². The molecule has 2 aliphatic rings. The zero-order chi connectivity index (χ0) is 24.1. The SMILES string of the molecule is COc1cc2c(cc1Nc1ncc(C(F)(F)F)c(NCCCN(C=O)C3CCC3)n1)CNCC2. The van der Waals surface area contributed by atoms with Crippen molar-refractivity contribution in [1.29, 1.82) is 0 Å². The van der Waals surface area contributed by atoms with E-state index in [1.807, 2.05) is 12.1 Å². The van der Waals surface area contributed by atoms with Crippen LogP contribution in [0, 0.1) is 0 Å². The standard InChI is InChI=1S/C23H29F3N6O2/c1-34-20-11-15-6-8-27-12-16(15)10-19(20)30-22-29-13-18(23(24,25)26)21(31-22)28-7-3-9-32(14-33)17-4-2-5-17/h10-11,13-14,17,27H,2-9,12H2,1H3,(H2,28,29,30,31). The monoisotopic (exact) mass is 478 g/mol. The Bertz CT molecular complexity index is 1010. The lowest BCUT2D eigenvalue weighted by Crippen LogP contribution is -2.40. The lowest BCUT2D eigenvalue weighted by atomic mass is 9.92. The normalized spacial score (nSPS) is 15.8. The highest BCUT2D eigenvalue weighted by molar-refractivity contribution is 5.66. The Morgan fingerprint density at radius 1 is 1.29 bits per heavy atom. The maximum atomic E-state index is 13.5. The van der Waals surface area contributed by atoms with E-state index in [1.165, 1.54) is 5.56 Å². The van der Waals surface area contributed by atoms with Crippen molar-refractivity contribution in [2.45, 2.75) is 50.9 Å². The zero-order valence-electron chi connectivity index (χ0n) is 19.0. The number of carbonyl (C=O) groups is 1. The molecule has 0 atom stereocenters. The lowest BCUT2D eigenvalue weighted by molar-refractivity contribution is -0.137. The highest BCUT2D eigenvalue weighted by atomic mass is 19.4. The number of fused-ring (bicyclic) bond motifs is 1. The molecule has 1 fully saturated rings. The predicted octanol–water partition coefficient (Wildman–Crippen LogP) is 3.71. The Labute approximate surface area is 196 Å². The molecule has 1 amide bonds. The minimum absolute atomic E-state index is 0.0292. The fourth-order valence-corrected chi connectivity index (χ4v) is 4.19. The van der Waals surface area contributed by atoms with Crippen molar-refractivity contribution >= 4 is 23.9 Å². The van der Waals surface area contributed by atoms with Crippen molar-refractivity contribution in [2.75, 3.05) is 37.4 Å². The number of halogens is 3. The molecule has 11 heteroatoms. The molecule has 1 aliphatic heterocycles. The van der Waals surface area contributed by atoms with E-state index in [1.54, 1.807) is 12.0 Å². The van der Waals surface area contributed by atoms with E-state index in [-0.39, 0.29) is 24.4 Å². The molecule has 1 aromatic carbocycles. The van der Waals surface area contributed by atoms with Crippen LogP contribution in [-0.4, -0.2) is 54.1 Å². The van der Waals surface area contributed by atoms with Crippen LogP contribution in [0.5, 0.6) is 5.75 Å². The first-order valence-corrected chi connectivity index (χ1v) is 11.5. The van der Waals surface area contributed by atoms with Gasteiger partial charge in [0, 0.05) is 31.9 Å². The number of nitrogens with zero attached hydrogens (tertiary/aromatic N) is 3. The summed E-state index contributed by atoms with van der Waals surface area (Å²) in [5.41, 5.74) is 1.90. The number of benzene rings is 1. The number of amides is 1. The van der Waals surface area contributed by atoms with Gasteiger partial charge in [-0.05, 0) is 61.9 Å². The van der Waals surface area contributed by atoms with E-state index < -0.39 is 11.7 Å². The highest BCUT2D eigenvalue weighted by Gasteiger charge is 2.35. The molecule has 34 heavy (non-hydrogen) atoms. The summed E-state index contributed by atoms with van der Waals surface area (Å²) in [6, 6.07) is 4.09. The summed E-state index contributed by atoms with van der Waals surface area (Å²) in [6.07, 6.45) is 1.43. The quantitative estimate of drug-likeness (QED) is 0.354. The fourth-order valence-electron chi connectivity index (χ4n) is 4.19. The van der Waals surface area contributed by atoms with Gasteiger partial charge in [0.05, 0.1) is 12.8 Å². The number of aromatic nitrogens is 2. The van der Waals surface area contributed by atoms with Crippen LogP contribution in [0.2, 0.25) is 0 Å². The Morgan fingerprint density at radius 3 is 2.79 bits per heavy atom. The van der Waals surface area contributed by atoms with Crippen LogP contribution in [-0.2, 0) is 23.9 Å². The second-order valence-electron chi connectivity index (χ2n) is 8.53. The average molecular weight is 479 g/mol. The molecule has 0 saturated heterocycles. The van der Waals surface area contributed by atoms with E-state index in [4.69, 9.17) is 4.74 Å². The maximum Gasteiger partial charge on any atom is 0.421 e. The van der Waals surface area contributed by atoms with Crippen LogP contribution >= 0.6 is 0 Å². The molecule has 4 rings (SSSR count). The lowest BCUT2D eigenvalue weighted by Gasteiger charge is -2.34. The summed E-state index contributed by atoms with van der Waals surface area (Å²) >= 11 is 0. The Hall–Kier alpha value is -3.08. The summed E-state index contributed by atoms with van der Waals surface area (Å²) in [5.74, 6) is 0.301. The van der Waals surface area contributed by atoms with Gasteiger partial charge in [-0.3, -0.25) is 4.79 Å². The van der Waals surface area contributed by atoms with Gasteiger partial charge in [-0.1, -0.05) is 0 Å². The summed E-state index contributed by atoms with van der Waals surface area (Å²) in [4.78, 5) is 21.0. The minimum Gasteiger partial charge on any atom is -0.495 e. The average Bonchev–Trinajstić information content (AvgIpc) is 2.78. The molecule has 2 heterocycles. The summed E-state index contributed by atoms with van der Waals surface area (Å²) in [7, 11) is 1.54. The molecule has 1 aliphatic carbocycles. The highest BCUT2D eigenvalue weighted by Crippen LogP contribution is 2.36. The van der Waals surface area contributed by atoms with Crippen molar-refractivity contribution in [3.05, 3.63) is 35.0 Å². The molecule has 3 N–H and O–H groups in total. The van der Waals surface area contributed by atoms with Crippen LogP contribution < -0.4 is 20.7 Å². The van der Waals surface area contributed by atoms with Gasteiger partial charge in [0.15, 0.2) is 0 Å². The van der Waals surface area contributed by atoms with Crippen LogP contribution in [0.15, 0.2) is 18.3 Å². The summed E-state index contributed by atoms with van der Waals surface area (Å²) in [5, 5.41) is 9.09. The van der Waals surface area contributed by atoms with Crippen LogP contribution in [0.25, 0.3) is 0 Å². The molecular weight excluding hydrogens is 449 g/mol. The number of hydrogen-bond donors (Lipinski definition) is 3. The number of nitrogens with one attached hydrogen (secondary N) is 3. The Balaban J connectivity index is 1.48. The van der Waals surface area contributed by atoms with E-state index in [2.05, 4.69) is 25.9 Å². The number of rotatable bonds is 10. The zero-order valence-corrected chi connectivity index (χ0v) is 19.0. The van der Waals surface area contributed by atoms with Gasteiger partial charge >= 0.3 is 6.18 Å². The number of hydrogen-bond acceptors (Lipinski definition) is 7. The molecule has 1 aromatic heterocycles. The van der Waals surface area contributed by atoms with Crippen LogP contribution in [0.4, 0.5) is 30.6 Å². The first kappa shape index (κ1) is 24.1. The molecule has 0 bridgehead atoms. The first-order chi connectivity index (χ1) is 16.4. The second-order valence-corrected chi connectivity index (χ2v) is 8.53. The van der Waals surface area contributed by atoms with E-state index in [0.29, 0.717) is 30.9 Å². The number of methoxy groups -OCH3 is 1. The summed E-state index contributed by atoms with van der Waals surface area (Å²) < 4.78 is 46.1. The van der Waals surface area contributed by atoms with Crippen molar-refractivity contribution in [3.63, 3.8) is 0 Å².